The van der Waals surface area contributed by atoms with Gasteiger partial charge in [0.25, 0.3) is 0 Å². The van der Waals surface area contributed by atoms with Gasteiger partial charge < -0.3 is 9.84 Å². The quantitative estimate of drug-likeness (QED) is 0.748. The molecule has 0 unspecified atom stereocenters. The van der Waals surface area contributed by atoms with Gasteiger partial charge in [-0.05, 0) is 26.0 Å². The van der Waals surface area contributed by atoms with Gasteiger partial charge in [0.1, 0.15) is 0 Å². The van der Waals surface area contributed by atoms with Gasteiger partial charge in [-0.2, -0.15) is 0 Å². The molecule has 0 bridgehead atoms. The molecule has 0 saturated carbocycles. The van der Waals surface area contributed by atoms with Crippen LogP contribution >= 0.6 is 0 Å². The van der Waals surface area contributed by atoms with Crippen LogP contribution in [0.4, 0.5) is 0 Å². The number of hydrogen-bond donors (Lipinski definition) is 1. The highest BCUT2D eigenvalue weighted by Gasteiger charge is 2.04. The summed E-state index contributed by atoms with van der Waals surface area (Å²) in [7, 11) is 1.53. The SMILES string of the molecule is COc1cccc(C=NC(C)C)c1O. The number of para-hydroxylation sites is 1. The second-order valence-corrected chi connectivity index (χ2v) is 3.27. The van der Waals surface area contributed by atoms with Gasteiger partial charge in [0, 0.05) is 17.8 Å². The van der Waals surface area contributed by atoms with Crippen LogP contribution in [0.15, 0.2) is 23.2 Å². The molecule has 0 atom stereocenters. The van der Waals surface area contributed by atoms with Gasteiger partial charge in [-0.15, -0.1) is 0 Å². The Morgan fingerprint density at radius 3 is 2.71 bits per heavy atom. The Hall–Kier alpha value is -1.51. The van der Waals surface area contributed by atoms with Gasteiger partial charge in [0.2, 0.25) is 0 Å². The monoisotopic (exact) mass is 193 g/mol. The van der Waals surface area contributed by atoms with Crippen molar-refractivity contribution < 1.29 is 9.84 Å². The number of ether oxygens (including phenoxy) is 1. The number of methoxy groups -OCH3 is 1. The van der Waals surface area contributed by atoms with Crippen molar-refractivity contribution >= 4 is 6.21 Å². The number of phenolic OH excluding ortho intramolecular Hbond substituents is 1. The van der Waals surface area contributed by atoms with Crippen LogP contribution in [0.2, 0.25) is 0 Å². The number of phenols is 1. The molecule has 0 heterocycles. The maximum Gasteiger partial charge on any atom is 0.166 e. The molecule has 0 aromatic heterocycles. The molecule has 0 spiro atoms. The number of aliphatic imine (C=N–C) groups is 1. The summed E-state index contributed by atoms with van der Waals surface area (Å²) >= 11 is 0. The minimum absolute atomic E-state index is 0.138. The Bertz CT molecular complexity index is 332. The Morgan fingerprint density at radius 2 is 2.14 bits per heavy atom. The summed E-state index contributed by atoms with van der Waals surface area (Å²) in [5, 5.41) is 9.69. The van der Waals surface area contributed by atoms with E-state index in [1.807, 2.05) is 19.9 Å². The first-order valence-corrected chi connectivity index (χ1v) is 4.54. The lowest BCUT2D eigenvalue weighted by atomic mass is 10.2. The smallest absolute Gasteiger partial charge is 0.166 e. The Labute approximate surface area is 84.1 Å². The molecular weight excluding hydrogens is 178 g/mol. The summed E-state index contributed by atoms with van der Waals surface area (Å²) in [5.41, 5.74) is 0.679. The van der Waals surface area contributed by atoms with E-state index in [-0.39, 0.29) is 11.8 Å². The fourth-order valence-corrected chi connectivity index (χ4v) is 1.04. The van der Waals surface area contributed by atoms with E-state index in [4.69, 9.17) is 4.74 Å². The zero-order chi connectivity index (χ0) is 10.6. The second-order valence-electron chi connectivity index (χ2n) is 3.27. The second kappa shape index (κ2) is 4.65. The third-order valence-electron chi connectivity index (χ3n) is 1.76. The largest absolute Gasteiger partial charge is 0.504 e. The maximum absolute atomic E-state index is 9.69. The van der Waals surface area contributed by atoms with Crippen LogP contribution < -0.4 is 4.74 Å². The van der Waals surface area contributed by atoms with Crippen LogP contribution in [0.1, 0.15) is 19.4 Å². The number of benzene rings is 1. The van der Waals surface area contributed by atoms with Gasteiger partial charge in [-0.3, -0.25) is 4.99 Å². The van der Waals surface area contributed by atoms with E-state index in [1.54, 1.807) is 18.3 Å². The number of hydrogen-bond acceptors (Lipinski definition) is 3. The Balaban J connectivity index is 2.98. The molecule has 3 heteroatoms. The first-order chi connectivity index (χ1) is 6.65. The molecule has 0 amide bonds. The summed E-state index contributed by atoms with van der Waals surface area (Å²) in [5.74, 6) is 0.608. The summed E-state index contributed by atoms with van der Waals surface area (Å²) in [6.45, 7) is 3.96. The molecule has 0 aliphatic heterocycles. The molecule has 1 aromatic rings. The fourth-order valence-electron chi connectivity index (χ4n) is 1.04. The van der Waals surface area contributed by atoms with E-state index in [2.05, 4.69) is 4.99 Å². The van der Waals surface area contributed by atoms with Crippen molar-refractivity contribution in [2.24, 2.45) is 4.99 Å². The van der Waals surface area contributed by atoms with Crippen molar-refractivity contribution in [2.45, 2.75) is 19.9 Å². The Morgan fingerprint density at radius 1 is 1.43 bits per heavy atom. The van der Waals surface area contributed by atoms with Gasteiger partial charge in [-0.25, -0.2) is 0 Å². The molecular formula is C11H15NO2. The average molecular weight is 193 g/mol. The normalized spacial score (nSPS) is 11.1. The van der Waals surface area contributed by atoms with E-state index in [0.29, 0.717) is 11.3 Å². The average Bonchev–Trinajstić information content (AvgIpc) is 2.16. The van der Waals surface area contributed by atoms with Crippen molar-refractivity contribution in [1.82, 2.24) is 0 Å². The van der Waals surface area contributed by atoms with Crippen LogP contribution in [-0.2, 0) is 0 Å². The van der Waals surface area contributed by atoms with E-state index >= 15 is 0 Å². The van der Waals surface area contributed by atoms with E-state index in [0.717, 1.165) is 0 Å². The van der Waals surface area contributed by atoms with Crippen LogP contribution in [0.3, 0.4) is 0 Å². The van der Waals surface area contributed by atoms with Crippen molar-refractivity contribution in [2.75, 3.05) is 7.11 Å². The Kier molecular flexibility index (Phi) is 3.51. The first-order valence-electron chi connectivity index (χ1n) is 4.54. The topological polar surface area (TPSA) is 41.8 Å². The van der Waals surface area contributed by atoms with Gasteiger partial charge in [0.05, 0.1) is 7.11 Å². The fraction of sp³-hybridized carbons (Fsp3) is 0.364. The zero-order valence-corrected chi connectivity index (χ0v) is 8.69. The standard InChI is InChI=1S/C11H15NO2/c1-8(2)12-7-9-5-4-6-10(14-3)11(9)13/h4-8,13H,1-3H3. The van der Waals surface area contributed by atoms with E-state index in [9.17, 15) is 5.11 Å². The van der Waals surface area contributed by atoms with E-state index in [1.165, 1.54) is 7.11 Å². The number of aromatic hydroxyl groups is 1. The highest BCUT2D eigenvalue weighted by Crippen LogP contribution is 2.27. The van der Waals surface area contributed by atoms with Crippen LogP contribution in [0.25, 0.3) is 0 Å². The number of rotatable bonds is 3. The molecule has 1 N–H and O–H groups in total. The summed E-state index contributed by atoms with van der Waals surface area (Å²) in [6.07, 6.45) is 1.66. The molecule has 0 aliphatic rings. The van der Waals surface area contributed by atoms with Gasteiger partial charge in [-0.1, -0.05) is 6.07 Å². The molecule has 0 fully saturated rings. The predicted molar refractivity (Wildman–Crippen MR) is 57.4 cm³/mol. The molecule has 1 aromatic carbocycles. The number of nitrogens with zero attached hydrogens (tertiary/aromatic N) is 1. The summed E-state index contributed by atoms with van der Waals surface area (Å²) < 4.78 is 4.98. The molecule has 1 rings (SSSR count). The lowest BCUT2D eigenvalue weighted by molar-refractivity contribution is 0.373. The molecule has 3 nitrogen and oxygen atoms in total. The zero-order valence-electron chi connectivity index (χ0n) is 8.69. The lowest BCUT2D eigenvalue weighted by Crippen LogP contribution is -1.92. The molecule has 76 valence electrons. The van der Waals surface area contributed by atoms with Crippen molar-refractivity contribution in [3.8, 4) is 11.5 Å². The maximum atomic E-state index is 9.69. The molecule has 0 radical (unpaired) electrons. The highest BCUT2D eigenvalue weighted by molar-refractivity contribution is 5.84. The van der Waals surface area contributed by atoms with Gasteiger partial charge in [0.15, 0.2) is 11.5 Å². The van der Waals surface area contributed by atoms with E-state index < -0.39 is 0 Å². The van der Waals surface area contributed by atoms with Crippen molar-refractivity contribution in [3.05, 3.63) is 23.8 Å². The minimum atomic E-state index is 0.138. The summed E-state index contributed by atoms with van der Waals surface area (Å²) in [6, 6.07) is 5.55. The van der Waals surface area contributed by atoms with Crippen LogP contribution in [0, 0.1) is 0 Å². The first kappa shape index (κ1) is 10.6. The van der Waals surface area contributed by atoms with Crippen molar-refractivity contribution in [3.63, 3.8) is 0 Å². The van der Waals surface area contributed by atoms with Gasteiger partial charge >= 0.3 is 0 Å². The summed E-state index contributed by atoms with van der Waals surface area (Å²) in [4.78, 5) is 4.19. The van der Waals surface area contributed by atoms with Crippen LogP contribution in [-0.4, -0.2) is 24.5 Å². The highest BCUT2D eigenvalue weighted by atomic mass is 16.5. The molecule has 0 saturated heterocycles. The molecule has 0 aliphatic carbocycles. The third kappa shape index (κ3) is 2.49. The lowest BCUT2D eigenvalue weighted by Gasteiger charge is -2.05. The predicted octanol–water partition coefficient (Wildman–Crippen LogP) is 2.23. The van der Waals surface area contributed by atoms with Crippen molar-refractivity contribution in [1.29, 1.82) is 0 Å². The third-order valence-corrected chi connectivity index (χ3v) is 1.76. The molecule has 14 heavy (non-hydrogen) atoms. The minimum Gasteiger partial charge on any atom is -0.504 e. The van der Waals surface area contributed by atoms with Crippen LogP contribution in [0.5, 0.6) is 11.5 Å².